The van der Waals surface area contributed by atoms with E-state index in [9.17, 15) is 14.4 Å². The molecule has 0 fully saturated rings. The van der Waals surface area contributed by atoms with E-state index in [0.29, 0.717) is 17.8 Å². The third-order valence-electron chi connectivity index (χ3n) is 3.97. The van der Waals surface area contributed by atoms with Crippen LogP contribution in [0.2, 0.25) is 0 Å². The molecule has 0 bridgehead atoms. The Bertz CT molecular complexity index is 800. The summed E-state index contributed by atoms with van der Waals surface area (Å²) in [5.41, 5.74) is 0.400. The van der Waals surface area contributed by atoms with E-state index in [-0.39, 0.29) is 5.91 Å². The van der Waals surface area contributed by atoms with E-state index in [2.05, 4.69) is 15.4 Å². The Morgan fingerprint density at radius 3 is 2.31 bits per heavy atom. The van der Waals surface area contributed by atoms with Crippen molar-refractivity contribution in [3.63, 3.8) is 0 Å². The molecule has 0 aliphatic heterocycles. The van der Waals surface area contributed by atoms with Crippen molar-refractivity contribution in [3.05, 3.63) is 65.7 Å². The molecule has 26 heavy (non-hydrogen) atoms. The van der Waals surface area contributed by atoms with E-state index in [0.717, 1.165) is 5.56 Å². The minimum Gasteiger partial charge on any atom is -0.465 e. The van der Waals surface area contributed by atoms with Gasteiger partial charge in [0.2, 0.25) is 11.8 Å². The smallest absolute Gasteiger partial charge is 0.337 e. The normalized spacial score (nSPS) is 10.7. The van der Waals surface area contributed by atoms with Gasteiger partial charge in [-0.15, -0.1) is 0 Å². The van der Waals surface area contributed by atoms with Crippen LogP contribution in [0.25, 0.3) is 0 Å². The largest absolute Gasteiger partial charge is 0.465 e. The second-order valence-corrected chi connectivity index (χ2v) is 6.32. The fourth-order valence-electron chi connectivity index (χ4n) is 2.23. The number of rotatable bonds is 6. The molecule has 0 aliphatic rings. The Kier molecular flexibility index (Phi) is 6.11. The minimum atomic E-state index is -1.28. The van der Waals surface area contributed by atoms with E-state index in [1.165, 1.54) is 13.2 Å². The molecule has 2 aromatic rings. The number of carbonyl (C=O) groups is 3. The molecular weight excluding hydrogens is 332 g/mol. The molecule has 0 unspecified atom stereocenters. The van der Waals surface area contributed by atoms with Gasteiger partial charge in [-0.1, -0.05) is 36.4 Å². The molecule has 0 saturated carbocycles. The number of nitrogens with one attached hydrogen (secondary N) is 2. The lowest BCUT2D eigenvalue weighted by molar-refractivity contribution is -0.138. The Balaban J connectivity index is 2.02. The number of carbonyl (C=O) groups excluding carboxylic acids is 3. The zero-order valence-electron chi connectivity index (χ0n) is 15.0. The van der Waals surface area contributed by atoms with Gasteiger partial charge in [0.25, 0.3) is 0 Å². The lowest BCUT2D eigenvalue weighted by atomic mass is 9.90. The number of ether oxygens (including phenoxy) is 1. The summed E-state index contributed by atoms with van der Waals surface area (Å²) in [4.78, 5) is 36.6. The molecule has 2 aromatic carbocycles. The van der Waals surface area contributed by atoms with Gasteiger partial charge in [0.05, 0.1) is 12.7 Å². The van der Waals surface area contributed by atoms with Crippen molar-refractivity contribution in [3.8, 4) is 0 Å². The zero-order valence-corrected chi connectivity index (χ0v) is 15.0. The van der Waals surface area contributed by atoms with Crippen LogP contribution in [0.3, 0.4) is 0 Å². The van der Waals surface area contributed by atoms with Crippen LogP contribution in [-0.4, -0.2) is 24.9 Å². The molecule has 136 valence electrons. The van der Waals surface area contributed by atoms with Crippen LogP contribution in [0.4, 0.5) is 5.69 Å². The van der Waals surface area contributed by atoms with Gasteiger partial charge >= 0.3 is 5.97 Å². The Morgan fingerprint density at radius 1 is 0.962 bits per heavy atom. The molecule has 2 amide bonds. The number of amides is 2. The van der Waals surface area contributed by atoms with E-state index in [4.69, 9.17) is 0 Å². The van der Waals surface area contributed by atoms with Crippen LogP contribution in [0.1, 0.15) is 29.8 Å². The van der Waals surface area contributed by atoms with Gasteiger partial charge in [0.15, 0.2) is 0 Å². The Labute approximate surface area is 152 Å². The quantitative estimate of drug-likeness (QED) is 0.617. The summed E-state index contributed by atoms with van der Waals surface area (Å²) in [6.07, 6.45) is 0. The van der Waals surface area contributed by atoms with Crippen molar-refractivity contribution in [1.82, 2.24) is 5.32 Å². The molecule has 6 nitrogen and oxygen atoms in total. The Morgan fingerprint density at radius 2 is 1.65 bits per heavy atom. The highest BCUT2D eigenvalue weighted by Gasteiger charge is 2.36. The molecule has 0 saturated heterocycles. The summed E-state index contributed by atoms with van der Waals surface area (Å²) < 4.78 is 4.66. The van der Waals surface area contributed by atoms with Gasteiger partial charge < -0.3 is 15.4 Å². The first-order valence-electron chi connectivity index (χ1n) is 8.16. The molecule has 0 atom stereocenters. The van der Waals surface area contributed by atoms with Crippen molar-refractivity contribution in [2.45, 2.75) is 20.4 Å². The molecule has 0 aromatic heterocycles. The van der Waals surface area contributed by atoms with Gasteiger partial charge in [-0.2, -0.15) is 0 Å². The average molecular weight is 354 g/mol. The van der Waals surface area contributed by atoms with Gasteiger partial charge in [-0.25, -0.2) is 4.79 Å². The lowest BCUT2D eigenvalue weighted by Crippen LogP contribution is -2.44. The molecule has 2 rings (SSSR count). The van der Waals surface area contributed by atoms with Gasteiger partial charge in [-0.05, 0) is 37.6 Å². The van der Waals surface area contributed by atoms with E-state index < -0.39 is 17.3 Å². The number of hydrogen-bond acceptors (Lipinski definition) is 4. The van der Waals surface area contributed by atoms with Crippen molar-refractivity contribution < 1.29 is 19.1 Å². The lowest BCUT2D eigenvalue weighted by Gasteiger charge is -2.23. The molecular formula is C20H22N2O4. The monoisotopic (exact) mass is 354 g/mol. The molecule has 0 spiro atoms. The zero-order chi connectivity index (χ0) is 19.2. The standard InChI is InChI=1S/C20H22N2O4/c1-20(2,18(24)21-13-14-8-5-4-6-9-14)19(25)22-16-11-7-10-15(12-16)17(23)26-3/h4-12H,13H2,1-3H3,(H,21,24)(H,22,25). The number of methoxy groups -OCH3 is 1. The topological polar surface area (TPSA) is 84.5 Å². The first-order valence-corrected chi connectivity index (χ1v) is 8.16. The summed E-state index contributed by atoms with van der Waals surface area (Å²) >= 11 is 0. The van der Waals surface area contributed by atoms with Crippen molar-refractivity contribution >= 4 is 23.5 Å². The number of anilines is 1. The number of benzene rings is 2. The minimum absolute atomic E-state index is 0.316. The second-order valence-electron chi connectivity index (χ2n) is 6.32. The van der Waals surface area contributed by atoms with E-state index in [1.807, 2.05) is 30.3 Å². The maximum absolute atomic E-state index is 12.5. The second kappa shape index (κ2) is 8.29. The highest BCUT2D eigenvalue weighted by molar-refractivity contribution is 6.10. The van der Waals surface area contributed by atoms with Crippen molar-refractivity contribution in [2.75, 3.05) is 12.4 Å². The fraction of sp³-hybridized carbons (Fsp3) is 0.250. The summed E-state index contributed by atoms with van der Waals surface area (Å²) in [7, 11) is 1.29. The SMILES string of the molecule is COC(=O)c1cccc(NC(=O)C(C)(C)C(=O)NCc2ccccc2)c1. The third-order valence-corrected chi connectivity index (χ3v) is 3.97. The van der Waals surface area contributed by atoms with Crippen LogP contribution in [0.5, 0.6) is 0 Å². The number of hydrogen-bond donors (Lipinski definition) is 2. The van der Waals surface area contributed by atoms with Gasteiger partial charge in [-0.3, -0.25) is 9.59 Å². The van der Waals surface area contributed by atoms with E-state index >= 15 is 0 Å². The number of esters is 1. The molecule has 0 aliphatic carbocycles. The van der Waals surface area contributed by atoms with Gasteiger partial charge in [0, 0.05) is 12.2 Å². The van der Waals surface area contributed by atoms with Crippen LogP contribution >= 0.6 is 0 Å². The molecule has 0 radical (unpaired) electrons. The summed E-state index contributed by atoms with van der Waals surface area (Å²) in [6, 6.07) is 15.8. The fourth-order valence-corrected chi connectivity index (χ4v) is 2.23. The van der Waals surface area contributed by atoms with Crippen molar-refractivity contribution in [1.29, 1.82) is 0 Å². The average Bonchev–Trinajstić information content (AvgIpc) is 2.66. The molecule has 2 N–H and O–H groups in total. The first-order chi connectivity index (χ1) is 12.3. The first kappa shape index (κ1) is 19.2. The highest BCUT2D eigenvalue weighted by Crippen LogP contribution is 2.20. The molecule has 0 heterocycles. The summed E-state index contributed by atoms with van der Waals surface area (Å²) in [6.45, 7) is 3.44. The molecule has 6 heteroatoms. The van der Waals surface area contributed by atoms with E-state index in [1.54, 1.807) is 32.0 Å². The van der Waals surface area contributed by atoms with Gasteiger partial charge in [0.1, 0.15) is 5.41 Å². The highest BCUT2D eigenvalue weighted by atomic mass is 16.5. The summed E-state index contributed by atoms with van der Waals surface area (Å²) in [5.74, 6) is -1.35. The maximum Gasteiger partial charge on any atom is 0.337 e. The predicted molar refractivity (Wildman–Crippen MR) is 98.5 cm³/mol. The Hall–Kier alpha value is -3.15. The maximum atomic E-state index is 12.5. The van der Waals surface area contributed by atoms with Crippen molar-refractivity contribution in [2.24, 2.45) is 5.41 Å². The predicted octanol–water partition coefficient (Wildman–Crippen LogP) is 2.75. The summed E-state index contributed by atoms with van der Waals surface area (Å²) in [5, 5.41) is 5.44. The van der Waals surface area contributed by atoms with Crippen LogP contribution < -0.4 is 10.6 Å². The van der Waals surface area contributed by atoms with Crippen LogP contribution in [0.15, 0.2) is 54.6 Å². The van der Waals surface area contributed by atoms with Crippen LogP contribution in [-0.2, 0) is 20.9 Å². The third kappa shape index (κ3) is 4.69. The van der Waals surface area contributed by atoms with Crippen LogP contribution in [0, 0.1) is 5.41 Å².